The van der Waals surface area contributed by atoms with E-state index >= 15 is 0 Å². The minimum absolute atomic E-state index is 0.499. The van der Waals surface area contributed by atoms with Gasteiger partial charge in [0.1, 0.15) is 12.4 Å². The van der Waals surface area contributed by atoms with Gasteiger partial charge in [0.2, 0.25) is 0 Å². The first-order valence-electron chi connectivity index (χ1n) is 10.7. The third kappa shape index (κ3) is 4.54. The molecule has 2 aromatic carbocycles. The van der Waals surface area contributed by atoms with Crippen LogP contribution in [0.1, 0.15) is 38.1 Å². The van der Waals surface area contributed by atoms with Gasteiger partial charge in [-0.25, -0.2) is 4.79 Å². The standard InChI is InChI=1S/C25H26BrClN2O4/c1-13-18(23(24(30)31-5)33-25(2,3)4)19(15-7-6-8-16(26)21(15)29-13)14-9-10-17-22(20(14)27)28-11-12-32-17/h6-10,23,28H,11-12H2,1-5H3/t23-/m0/s1. The molecule has 0 spiro atoms. The molecule has 8 heteroatoms. The Morgan fingerprint density at radius 2 is 2.03 bits per heavy atom. The lowest BCUT2D eigenvalue weighted by atomic mass is 9.90. The number of para-hydroxylation sites is 1. The number of anilines is 1. The van der Waals surface area contributed by atoms with Crippen molar-refractivity contribution in [1.82, 2.24) is 4.98 Å². The number of rotatable bonds is 4. The van der Waals surface area contributed by atoms with E-state index in [9.17, 15) is 4.79 Å². The van der Waals surface area contributed by atoms with Crippen LogP contribution in [0.4, 0.5) is 5.69 Å². The number of ether oxygens (including phenoxy) is 3. The number of carbonyl (C=O) groups is 1. The van der Waals surface area contributed by atoms with E-state index in [1.807, 2.05) is 58.0 Å². The maximum Gasteiger partial charge on any atom is 0.339 e. The number of carbonyl (C=O) groups excluding carboxylic acids is 1. The summed E-state index contributed by atoms with van der Waals surface area (Å²) < 4.78 is 18.0. The molecule has 0 aliphatic carbocycles. The summed E-state index contributed by atoms with van der Waals surface area (Å²) in [6.45, 7) is 8.79. The zero-order valence-corrected chi connectivity index (χ0v) is 21.6. The van der Waals surface area contributed by atoms with Crippen LogP contribution < -0.4 is 10.1 Å². The van der Waals surface area contributed by atoms with Gasteiger partial charge < -0.3 is 19.5 Å². The van der Waals surface area contributed by atoms with Gasteiger partial charge in [0.15, 0.2) is 6.10 Å². The summed E-state index contributed by atoms with van der Waals surface area (Å²) in [6.07, 6.45) is -0.989. The highest BCUT2D eigenvalue weighted by Crippen LogP contribution is 2.47. The van der Waals surface area contributed by atoms with Crippen LogP contribution in [-0.2, 0) is 14.3 Å². The maximum atomic E-state index is 13.0. The van der Waals surface area contributed by atoms with Crippen molar-refractivity contribution in [3.8, 4) is 16.9 Å². The predicted octanol–water partition coefficient (Wildman–Crippen LogP) is 6.46. The molecule has 174 valence electrons. The van der Waals surface area contributed by atoms with Gasteiger partial charge in [-0.05, 0) is 61.8 Å². The number of halogens is 2. The van der Waals surface area contributed by atoms with Crippen molar-refractivity contribution in [3.63, 3.8) is 0 Å². The molecule has 0 unspecified atom stereocenters. The SMILES string of the molecule is COC(=O)[C@@H](OC(C)(C)C)c1c(C)nc2c(Br)cccc2c1-c1ccc2c(c1Cl)NCCO2. The van der Waals surface area contributed by atoms with Gasteiger partial charge in [-0.3, -0.25) is 4.98 Å². The van der Waals surface area contributed by atoms with Gasteiger partial charge >= 0.3 is 5.97 Å². The van der Waals surface area contributed by atoms with Crippen molar-refractivity contribution in [2.75, 3.05) is 25.6 Å². The van der Waals surface area contributed by atoms with E-state index < -0.39 is 17.7 Å². The molecule has 1 aromatic heterocycles. The van der Waals surface area contributed by atoms with Gasteiger partial charge in [-0.15, -0.1) is 0 Å². The molecule has 33 heavy (non-hydrogen) atoms. The fraction of sp³-hybridized carbons (Fsp3) is 0.360. The van der Waals surface area contributed by atoms with Gasteiger partial charge in [0, 0.05) is 38.8 Å². The zero-order chi connectivity index (χ0) is 23.9. The Labute approximate surface area is 206 Å². The number of hydrogen-bond acceptors (Lipinski definition) is 6. The fourth-order valence-corrected chi connectivity index (χ4v) is 4.83. The van der Waals surface area contributed by atoms with Gasteiger partial charge in [0.05, 0.1) is 28.9 Å². The minimum Gasteiger partial charge on any atom is -0.490 e. The average Bonchev–Trinajstić information content (AvgIpc) is 2.77. The highest BCUT2D eigenvalue weighted by Gasteiger charge is 2.34. The highest BCUT2D eigenvalue weighted by atomic mass is 79.9. The first-order chi connectivity index (χ1) is 15.6. The first-order valence-corrected chi connectivity index (χ1v) is 11.8. The van der Waals surface area contributed by atoms with Crippen LogP contribution in [0.2, 0.25) is 5.02 Å². The number of methoxy groups -OCH3 is 1. The van der Waals surface area contributed by atoms with Crippen molar-refractivity contribution in [3.05, 3.63) is 51.1 Å². The van der Waals surface area contributed by atoms with Gasteiger partial charge in [0.25, 0.3) is 0 Å². The number of fused-ring (bicyclic) bond motifs is 2. The second kappa shape index (κ2) is 9.12. The molecular formula is C25H26BrClN2O4. The number of aromatic nitrogens is 1. The normalized spacial score (nSPS) is 14.3. The predicted molar refractivity (Wildman–Crippen MR) is 134 cm³/mol. The Hall–Kier alpha value is -2.35. The quantitative estimate of drug-likeness (QED) is 0.388. The number of nitrogens with one attached hydrogen (secondary N) is 1. The van der Waals surface area contributed by atoms with Crippen LogP contribution in [0.5, 0.6) is 5.75 Å². The van der Waals surface area contributed by atoms with E-state index in [2.05, 4.69) is 21.2 Å². The number of pyridine rings is 1. The summed E-state index contributed by atoms with van der Waals surface area (Å²) in [5.41, 5.74) is 3.70. The summed E-state index contributed by atoms with van der Waals surface area (Å²) in [6, 6.07) is 9.65. The molecule has 1 aliphatic rings. The van der Waals surface area contributed by atoms with Crippen molar-refractivity contribution >= 4 is 50.1 Å². The molecule has 1 N–H and O–H groups in total. The van der Waals surface area contributed by atoms with Crippen molar-refractivity contribution in [2.45, 2.75) is 39.4 Å². The van der Waals surface area contributed by atoms with E-state index in [4.69, 9.17) is 30.8 Å². The summed E-state index contributed by atoms with van der Waals surface area (Å²) >= 11 is 10.6. The third-order valence-electron chi connectivity index (χ3n) is 5.38. The van der Waals surface area contributed by atoms with Gasteiger partial charge in [-0.2, -0.15) is 0 Å². The highest BCUT2D eigenvalue weighted by molar-refractivity contribution is 9.10. The summed E-state index contributed by atoms with van der Waals surface area (Å²) in [4.78, 5) is 17.8. The lowest BCUT2D eigenvalue weighted by Gasteiger charge is -2.29. The van der Waals surface area contributed by atoms with Crippen LogP contribution in [0.25, 0.3) is 22.0 Å². The minimum atomic E-state index is -0.989. The Bertz CT molecular complexity index is 1240. The molecule has 0 fully saturated rings. The summed E-state index contributed by atoms with van der Waals surface area (Å²) in [5, 5.41) is 4.69. The lowest BCUT2D eigenvalue weighted by Crippen LogP contribution is -2.29. The Morgan fingerprint density at radius 1 is 1.27 bits per heavy atom. The molecular weight excluding hydrogens is 508 g/mol. The summed E-state index contributed by atoms with van der Waals surface area (Å²) in [7, 11) is 1.36. The number of aryl methyl sites for hydroxylation is 1. The fourth-order valence-electron chi connectivity index (χ4n) is 4.05. The van der Waals surface area contributed by atoms with E-state index in [-0.39, 0.29) is 0 Å². The van der Waals surface area contributed by atoms with E-state index in [0.717, 1.165) is 32.2 Å². The maximum absolute atomic E-state index is 13.0. The molecule has 0 saturated carbocycles. The van der Waals surface area contributed by atoms with Crippen molar-refractivity contribution < 1.29 is 19.0 Å². The van der Waals surface area contributed by atoms with Crippen LogP contribution in [0.15, 0.2) is 34.8 Å². The van der Waals surface area contributed by atoms with Crippen LogP contribution in [0.3, 0.4) is 0 Å². The van der Waals surface area contributed by atoms with Crippen molar-refractivity contribution in [1.29, 1.82) is 0 Å². The molecule has 0 radical (unpaired) electrons. The molecule has 0 saturated heterocycles. The molecule has 2 heterocycles. The van der Waals surface area contributed by atoms with Crippen LogP contribution in [0, 0.1) is 6.92 Å². The molecule has 6 nitrogen and oxygen atoms in total. The van der Waals surface area contributed by atoms with Crippen molar-refractivity contribution in [2.24, 2.45) is 0 Å². The van der Waals surface area contributed by atoms with Crippen LogP contribution >= 0.6 is 27.5 Å². The average molecular weight is 534 g/mol. The molecule has 0 amide bonds. The second-order valence-corrected chi connectivity index (χ2v) is 10.1. The summed E-state index contributed by atoms with van der Waals surface area (Å²) in [5.74, 6) is 0.198. The topological polar surface area (TPSA) is 69.7 Å². The van der Waals surface area contributed by atoms with E-state index in [1.165, 1.54) is 7.11 Å². The largest absolute Gasteiger partial charge is 0.490 e. The van der Waals surface area contributed by atoms with E-state index in [1.54, 1.807) is 0 Å². The van der Waals surface area contributed by atoms with E-state index in [0.29, 0.717) is 35.2 Å². The smallest absolute Gasteiger partial charge is 0.339 e. The molecule has 0 bridgehead atoms. The lowest BCUT2D eigenvalue weighted by molar-refractivity contribution is -0.164. The zero-order valence-electron chi connectivity index (χ0n) is 19.2. The second-order valence-electron chi connectivity index (χ2n) is 8.83. The number of nitrogens with zero attached hydrogens (tertiary/aromatic N) is 1. The molecule has 3 aromatic rings. The monoisotopic (exact) mass is 532 g/mol. The Balaban J connectivity index is 2.10. The van der Waals surface area contributed by atoms with Crippen LogP contribution in [-0.4, -0.2) is 36.8 Å². The Kier molecular flexibility index (Phi) is 6.58. The van der Waals surface area contributed by atoms with Gasteiger partial charge in [-0.1, -0.05) is 23.7 Å². The number of benzene rings is 2. The molecule has 4 rings (SSSR count). The number of hydrogen-bond donors (Lipinski definition) is 1. The number of esters is 1. The third-order valence-corrected chi connectivity index (χ3v) is 6.41. The molecule has 1 aliphatic heterocycles. The first kappa shape index (κ1) is 23.8. The molecule has 1 atom stereocenters. The Morgan fingerprint density at radius 3 is 2.73 bits per heavy atom.